The molecule has 2 unspecified atom stereocenters. The van der Waals surface area contributed by atoms with Crippen molar-refractivity contribution in [2.24, 2.45) is 0 Å². The zero-order valence-corrected chi connectivity index (χ0v) is 13.9. The van der Waals surface area contributed by atoms with Crippen LogP contribution < -0.4 is 5.32 Å². The molecule has 4 nitrogen and oxygen atoms in total. The normalized spacial score (nSPS) is 19.2. The summed E-state index contributed by atoms with van der Waals surface area (Å²) in [4.78, 5) is 14.5. The maximum absolute atomic E-state index is 12.3. The van der Waals surface area contributed by atoms with Gasteiger partial charge in [0.1, 0.15) is 0 Å². The van der Waals surface area contributed by atoms with Gasteiger partial charge >= 0.3 is 0 Å². The summed E-state index contributed by atoms with van der Waals surface area (Å²) in [6.07, 6.45) is 4.01. The Hall–Kier alpha value is -1.10. The van der Waals surface area contributed by atoms with Gasteiger partial charge in [-0.25, -0.2) is 0 Å². The van der Waals surface area contributed by atoms with Crippen molar-refractivity contribution in [2.45, 2.75) is 44.8 Å². The monoisotopic (exact) mass is 324 g/mol. The number of amides is 1. The van der Waals surface area contributed by atoms with Crippen LogP contribution in [0.2, 0.25) is 5.02 Å². The number of carbonyl (C=O) groups is 1. The van der Waals surface area contributed by atoms with E-state index in [2.05, 4.69) is 10.2 Å². The molecule has 0 bridgehead atoms. The van der Waals surface area contributed by atoms with Gasteiger partial charge in [-0.05, 0) is 38.9 Å². The van der Waals surface area contributed by atoms with E-state index in [-0.39, 0.29) is 18.5 Å². The molecule has 2 N–H and O–H groups in total. The number of likely N-dealkylation sites (tertiary alicyclic amines) is 1. The van der Waals surface area contributed by atoms with Crippen LogP contribution in [0.15, 0.2) is 24.3 Å². The van der Waals surface area contributed by atoms with E-state index >= 15 is 0 Å². The predicted molar refractivity (Wildman–Crippen MR) is 88.9 cm³/mol. The van der Waals surface area contributed by atoms with Crippen molar-refractivity contribution in [3.05, 3.63) is 34.9 Å². The molecule has 1 amide bonds. The third kappa shape index (κ3) is 4.70. The highest BCUT2D eigenvalue weighted by molar-refractivity contribution is 6.31. The lowest BCUT2D eigenvalue weighted by Gasteiger charge is -2.27. The van der Waals surface area contributed by atoms with Crippen LogP contribution in [0.3, 0.4) is 0 Å². The number of nitrogens with one attached hydrogen (secondary N) is 1. The molecule has 0 aromatic heterocycles. The van der Waals surface area contributed by atoms with E-state index in [1.807, 2.05) is 19.1 Å². The number of rotatable bonds is 5. The lowest BCUT2D eigenvalue weighted by Crippen LogP contribution is -2.46. The lowest BCUT2D eigenvalue weighted by atomic mass is 10.1. The first-order valence-electron chi connectivity index (χ1n) is 8.04. The van der Waals surface area contributed by atoms with Crippen LogP contribution in [-0.4, -0.2) is 41.6 Å². The maximum Gasteiger partial charge on any atom is 0.237 e. The van der Waals surface area contributed by atoms with Gasteiger partial charge < -0.3 is 10.4 Å². The van der Waals surface area contributed by atoms with Gasteiger partial charge in [-0.15, -0.1) is 0 Å². The van der Waals surface area contributed by atoms with Crippen molar-refractivity contribution in [2.75, 3.05) is 19.6 Å². The summed E-state index contributed by atoms with van der Waals surface area (Å²) in [5.74, 6) is -0.0343. The average molecular weight is 325 g/mol. The molecule has 1 aliphatic heterocycles. The van der Waals surface area contributed by atoms with Crippen LogP contribution in [0.25, 0.3) is 0 Å². The molecule has 0 saturated carbocycles. The molecule has 5 heteroatoms. The minimum Gasteiger partial charge on any atom is -0.387 e. The molecule has 1 aromatic carbocycles. The van der Waals surface area contributed by atoms with Crippen LogP contribution in [0, 0.1) is 0 Å². The minimum absolute atomic E-state index is 0.0343. The van der Waals surface area contributed by atoms with E-state index in [1.54, 1.807) is 12.1 Å². The van der Waals surface area contributed by atoms with Gasteiger partial charge in [-0.3, -0.25) is 9.69 Å². The largest absolute Gasteiger partial charge is 0.387 e. The highest BCUT2D eigenvalue weighted by atomic mass is 35.5. The predicted octanol–water partition coefficient (Wildman–Crippen LogP) is 2.75. The zero-order valence-electron chi connectivity index (χ0n) is 13.1. The Balaban J connectivity index is 1.85. The molecular formula is C17H25ClN2O2. The van der Waals surface area contributed by atoms with Crippen LogP contribution in [0.4, 0.5) is 0 Å². The van der Waals surface area contributed by atoms with Gasteiger partial charge in [0.25, 0.3) is 0 Å². The number of benzene rings is 1. The van der Waals surface area contributed by atoms with E-state index in [1.165, 1.54) is 12.8 Å². The number of halogens is 1. The molecule has 0 spiro atoms. The molecule has 1 heterocycles. The maximum atomic E-state index is 12.3. The van der Waals surface area contributed by atoms with Crippen LogP contribution in [-0.2, 0) is 4.79 Å². The highest BCUT2D eigenvalue weighted by Gasteiger charge is 2.22. The molecule has 2 atom stereocenters. The fourth-order valence-corrected chi connectivity index (χ4v) is 3.11. The first-order valence-corrected chi connectivity index (χ1v) is 8.41. The van der Waals surface area contributed by atoms with Crippen molar-refractivity contribution in [3.63, 3.8) is 0 Å². The minimum atomic E-state index is -0.783. The second kappa shape index (κ2) is 8.51. The average Bonchev–Trinajstić information content (AvgIpc) is 2.81. The molecule has 1 aromatic rings. The summed E-state index contributed by atoms with van der Waals surface area (Å²) >= 11 is 6.06. The van der Waals surface area contributed by atoms with Crippen LogP contribution in [0.1, 0.15) is 44.3 Å². The van der Waals surface area contributed by atoms with Crippen LogP contribution >= 0.6 is 11.6 Å². The van der Waals surface area contributed by atoms with E-state index < -0.39 is 6.10 Å². The Morgan fingerprint density at radius 2 is 1.91 bits per heavy atom. The van der Waals surface area contributed by atoms with E-state index in [0.29, 0.717) is 10.6 Å². The third-order valence-electron chi connectivity index (χ3n) is 4.30. The lowest BCUT2D eigenvalue weighted by molar-refractivity contribution is -0.126. The van der Waals surface area contributed by atoms with Gasteiger partial charge in [0.2, 0.25) is 5.91 Å². The summed E-state index contributed by atoms with van der Waals surface area (Å²) in [6.45, 7) is 4.06. The van der Waals surface area contributed by atoms with Crippen molar-refractivity contribution in [1.82, 2.24) is 10.2 Å². The Bertz CT molecular complexity index is 487. The zero-order chi connectivity index (χ0) is 15.9. The molecule has 22 heavy (non-hydrogen) atoms. The fourth-order valence-electron chi connectivity index (χ4n) is 2.85. The second-order valence-corrected chi connectivity index (χ2v) is 6.32. The first-order chi connectivity index (χ1) is 10.6. The summed E-state index contributed by atoms with van der Waals surface area (Å²) in [6, 6.07) is 7.00. The highest BCUT2D eigenvalue weighted by Crippen LogP contribution is 2.22. The Labute approximate surface area is 137 Å². The Morgan fingerprint density at radius 1 is 1.27 bits per heavy atom. The molecular weight excluding hydrogens is 300 g/mol. The summed E-state index contributed by atoms with van der Waals surface area (Å²) in [7, 11) is 0. The van der Waals surface area contributed by atoms with Crippen molar-refractivity contribution in [3.8, 4) is 0 Å². The van der Waals surface area contributed by atoms with Crippen molar-refractivity contribution in [1.29, 1.82) is 0 Å². The SMILES string of the molecule is CC(C(=O)NCC(O)c1ccccc1Cl)N1CCCCCC1. The molecule has 1 aliphatic rings. The molecule has 2 rings (SSSR count). The fraction of sp³-hybridized carbons (Fsp3) is 0.588. The number of carbonyl (C=O) groups excluding carboxylic acids is 1. The number of aliphatic hydroxyl groups excluding tert-OH is 1. The standard InChI is InChI=1S/C17H25ClN2O2/c1-13(20-10-6-2-3-7-11-20)17(22)19-12-16(21)14-8-4-5-9-15(14)18/h4-5,8-9,13,16,21H,2-3,6-7,10-12H2,1H3,(H,19,22). The van der Waals surface area contributed by atoms with Crippen LogP contribution in [0.5, 0.6) is 0 Å². The van der Waals surface area contributed by atoms with Gasteiger partial charge in [-0.1, -0.05) is 42.6 Å². The Morgan fingerprint density at radius 3 is 2.55 bits per heavy atom. The summed E-state index contributed by atoms with van der Waals surface area (Å²) < 4.78 is 0. The van der Waals surface area contributed by atoms with Gasteiger partial charge in [0.05, 0.1) is 12.1 Å². The first kappa shape index (κ1) is 17.3. The quantitative estimate of drug-likeness (QED) is 0.875. The summed E-state index contributed by atoms with van der Waals surface area (Å²) in [5.41, 5.74) is 0.645. The topological polar surface area (TPSA) is 52.6 Å². The van der Waals surface area contributed by atoms with E-state index in [4.69, 9.17) is 11.6 Å². The van der Waals surface area contributed by atoms with Gasteiger partial charge in [0.15, 0.2) is 0 Å². The van der Waals surface area contributed by atoms with Crippen molar-refractivity contribution >= 4 is 17.5 Å². The molecule has 0 aliphatic carbocycles. The molecule has 0 radical (unpaired) electrons. The molecule has 1 fully saturated rings. The number of aliphatic hydroxyl groups is 1. The Kier molecular flexibility index (Phi) is 6.68. The molecule has 1 saturated heterocycles. The van der Waals surface area contributed by atoms with Gasteiger partial charge in [0, 0.05) is 17.1 Å². The molecule has 122 valence electrons. The van der Waals surface area contributed by atoms with E-state index in [9.17, 15) is 9.90 Å². The third-order valence-corrected chi connectivity index (χ3v) is 4.65. The second-order valence-electron chi connectivity index (χ2n) is 5.91. The smallest absolute Gasteiger partial charge is 0.237 e. The number of hydrogen-bond donors (Lipinski definition) is 2. The van der Waals surface area contributed by atoms with E-state index in [0.717, 1.165) is 25.9 Å². The summed E-state index contributed by atoms with van der Waals surface area (Å²) in [5, 5.41) is 13.5. The van der Waals surface area contributed by atoms with Crippen molar-refractivity contribution < 1.29 is 9.90 Å². The van der Waals surface area contributed by atoms with Gasteiger partial charge in [-0.2, -0.15) is 0 Å². The number of hydrogen-bond acceptors (Lipinski definition) is 3. The number of nitrogens with zero attached hydrogens (tertiary/aromatic N) is 1.